The van der Waals surface area contributed by atoms with Crippen LogP contribution in [0.15, 0.2) is 47.0 Å². The first-order valence-electron chi connectivity index (χ1n) is 11.8. The number of nitro groups is 1. The number of hydrogen-bond acceptors (Lipinski definition) is 10. The van der Waals surface area contributed by atoms with Crippen LogP contribution in [0.2, 0.25) is 0 Å². The largest absolute Gasteiger partial charge is 0.508 e. The number of benzene rings is 2. The number of non-ortho nitro benzene ring substituents is 1. The average molecular weight is 512 g/mol. The standard InChI is InChI=1S/C25H29N5O7/c1-28(2)11-12-29-9-7-16(8-10-29)26-25(33)20-15-23(37-27-20)24-21(32)13-18(31)14-22(24)36-19-5-3-17(4-6-19)30(34)35/h3-6,13-16,31-32H,7-12H2,1-2H3,(H,26,33). The minimum absolute atomic E-state index is 0.0135. The number of piperidine rings is 1. The molecule has 0 bridgehead atoms. The van der Waals surface area contributed by atoms with Gasteiger partial charge in [-0.15, -0.1) is 0 Å². The minimum atomic E-state index is -0.537. The lowest BCUT2D eigenvalue weighted by Gasteiger charge is -2.32. The lowest BCUT2D eigenvalue weighted by Crippen LogP contribution is -2.46. The number of nitro benzene ring substituents is 1. The van der Waals surface area contributed by atoms with Gasteiger partial charge in [-0.1, -0.05) is 5.16 Å². The van der Waals surface area contributed by atoms with Gasteiger partial charge >= 0.3 is 0 Å². The van der Waals surface area contributed by atoms with Crippen molar-refractivity contribution in [2.24, 2.45) is 0 Å². The third-order valence-corrected chi connectivity index (χ3v) is 6.12. The smallest absolute Gasteiger partial charge is 0.273 e. The van der Waals surface area contributed by atoms with Gasteiger partial charge in [0.05, 0.1) is 4.92 Å². The molecule has 12 nitrogen and oxygen atoms in total. The van der Waals surface area contributed by atoms with Gasteiger partial charge in [-0.2, -0.15) is 0 Å². The van der Waals surface area contributed by atoms with Crippen molar-refractivity contribution >= 4 is 11.6 Å². The van der Waals surface area contributed by atoms with Gasteiger partial charge in [0.15, 0.2) is 11.5 Å². The molecule has 2 heterocycles. The maximum Gasteiger partial charge on any atom is 0.273 e. The summed E-state index contributed by atoms with van der Waals surface area (Å²) in [6.07, 6.45) is 1.66. The van der Waals surface area contributed by atoms with Crippen LogP contribution in [-0.4, -0.2) is 82.3 Å². The Hall–Kier alpha value is -4.16. The third kappa shape index (κ3) is 6.54. The number of phenols is 2. The second-order valence-electron chi connectivity index (χ2n) is 9.16. The van der Waals surface area contributed by atoms with Crippen molar-refractivity contribution in [3.05, 3.63) is 58.3 Å². The zero-order chi connectivity index (χ0) is 26.5. The van der Waals surface area contributed by atoms with E-state index in [1.165, 1.54) is 36.4 Å². The molecule has 2 aromatic carbocycles. The maximum absolute atomic E-state index is 12.8. The highest BCUT2D eigenvalue weighted by Gasteiger charge is 2.25. The monoisotopic (exact) mass is 511 g/mol. The summed E-state index contributed by atoms with van der Waals surface area (Å²) in [6.45, 7) is 3.76. The Kier molecular flexibility index (Phi) is 7.89. The van der Waals surface area contributed by atoms with Gasteiger partial charge in [0.25, 0.3) is 11.6 Å². The van der Waals surface area contributed by atoms with Gasteiger partial charge < -0.3 is 34.6 Å². The van der Waals surface area contributed by atoms with Crippen LogP contribution in [0.25, 0.3) is 11.3 Å². The fourth-order valence-corrected chi connectivity index (χ4v) is 4.08. The van der Waals surface area contributed by atoms with E-state index in [9.17, 15) is 25.1 Å². The molecule has 3 N–H and O–H groups in total. The van der Waals surface area contributed by atoms with Crippen LogP contribution in [0.3, 0.4) is 0 Å². The summed E-state index contributed by atoms with van der Waals surface area (Å²) in [7, 11) is 4.09. The van der Waals surface area contributed by atoms with E-state index >= 15 is 0 Å². The Morgan fingerprint density at radius 1 is 1.22 bits per heavy atom. The number of carbonyl (C=O) groups is 1. The number of nitrogens with one attached hydrogen (secondary N) is 1. The summed E-state index contributed by atoms with van der Waals surface area (Å²) in [6, 6.07) is 9.06. The SMILES string of the molecule is CN(C)CCN1CCC(NC(=O)c2cc(-c3c(O)cc(O)cc3Oc3ccc([N+](=O)[O-])cc3)on2)CC1. The predicted molar refractivity (Wildman–Crippen MR) is 134 cm³/mol. The first-order chi connectivity index (χ1) is 17.7. The number of ether oxygens (including phenoxy) is 1. The molecule has 1 saturated heterocycles. The Bertz CT molecular complexity index is 1250. The molecule has 12 heteroatoms. The summed E-state index contributed by atoms with van der Waals surface area (Å²) in [4.78, 5) is 27.7. The topological polar surface area (TPSA) is 154 Å². The van der Waals surface area contributed by atoms with Crippen LogP contribution >= 0.6 is 0 Å². The van der Waals surface area contributed by atoms with Gasteiger partial charge in [0.1, 0.15) is 28.6 Å². The number of aromatic hydroxyl groups is 2. The van der Waals surface area contributed by atoms with Crippen molar-refractivity contribution in [1.82, 2.24) is 20.3 Å². The van der Waals surface area contributed by atoms with Gasteiger partial charge in [-0.3, -0.25) is 14.9 Å². The van der Waals surface area contributed by atoms with E-state index in [-0.39, 0.29) is 51.7 Å². The quantitative estimate of drug-likeness (QED) is 0.288. The van der Waals surface area contributed by atoms with Crippen LogP contribution in [0.4, 0.5) is 5.69 Å². The highest BCUT2D eigenvalue weighted by molar-refractivity contribution is 5.93. The van der Waals surface area contributed by atoms with Crippen molar-refractivity contribution < 1.29 is 29.2 Å². The fraction of sp³-hybridized carbons (Fsp3) is 0.360. The summed E-state index contributed by atoms with van der Waals surface area (Å²) in [5, 5.41) is 38.2. The number of phenolic OH excluding ortho intramolecular Hbond substituents is 2. The third-order valence-electron chi connectivity index (χ3n) is 6.12. The maximum atomic E-state index is 12.8. The number of carbonyl (C=O) groups excluding carboxylic acids is 1. The Balaban J connectivity index is 1.45. The molecule has 0 saturated carbocycles. The lowest BCUT2D eigenvalue weighted by atomic mass is 10.0. The minimum Gasteiger partial charge on any atom is -0.508 e. The van der Waals surface area contributed by atoms with Gasteiger partial charge in [-0.05, 0) is 39.1 Å². The van der Waals surface area contributed by atoms with Gasteiger partial charge in [-0.25, -0.2) is 0 Å². The van der Waals surface area contributed by atoms with Crippen LogP contribution in [0, 0.1) is 10.1 Å². The number of likely N-dealkylation sites (N-methyl/N-ethyl adjacent to an activating group) is 1. The molecular weight excluding hydrogens is 482 g/mol. The van der Waals surface area contributed by atoms with Crippen LogP contribution in [0.5, 0.6) is 23.0 Å². The van der Waals surface area contributed by atoms with E-state index < -0.39 is 10.8 Å². The van der Waals surface area contributed by atoms with E-state index in [1.54, 1.807) is 0 Å². The Labute approximate surface area is 213 Å². The molecule has 1 amide bonds. The molecule has 1 aliphatic rings. The molecule has 0 atom stereocenters. The first kappa shape index (κ1) is 25.9. The molecular formula is C25H29N5O7. The lowest BCUT2D eigenvalue weighted by molar-refractivity contribution is -0.384. The predicted octanol–water partition coefficient (Wildman–Crippen LogP) is 3.21. The number of amides is 1. The Morgan fingerprint density at radius 2 is 1.92 bits per heavy atom. The molecule has 0 radical (unpaired) electrons. The normalized spacial score (nSPS) is 14.6. The number of hydrogen-bond donors (Lipinski definition) is 3. The van der Waals surface area contributed by atoms with Gasteiger partial charge in [0, 0.05) is 62.6 Å². The highest BCUT2D eigenvalue weighted by Crippen LogP contribution is 2.43. The zero-order valence-electron chi connectivity index (χ0n) is 20.6. The Morgan fingerprint density at radius 3 is 2.57 bits per heavy atom. The number of likely N-dealkylation sites (tertiary alicyclic amines) is 1. The molecule has 1 aliphatic heterocycles. The van der Waals surface area contributed by atoms with Crippen molar-refractivity contribution in [2.45, 2.75) is 18.9 Å². The number of rotatable bonds is 9. The molecule has 196 valence electrons. The van der Waals surface area contributed by atoms with E-state index in [2.05, 4.69) is 20.3 Å². The molecule has 3 aromatic rings. The van der Waals surface area contributed by atoms with Crippen LogP contribution < -0.4 is 10.1 Å². The van der Waals surface area contributed by atoms with Gasteiger partial charge in [0.2, 0.25) is 0 Å². The molecule has 1 aromatic heterocycles. The average Bonchev–Trinajstić information content (AvgIpc) is 3.33. The summed E-state index contributed by atoms with van der Waals surface area (Å²) in [5.41, 5.74) is -0.00726. The van der Waals surface area contributed by atoms with Crippen LogP contribution in [0.1, 0.15) is 23.3 Å². The van der Waals surface area contributed by atoms with Crippen molar-refractivity contribution in [3.63, 3.8) is 0 Å². The van der Waals surface area contributed by atoms with E-state index in [0.29, 0.717) is 0 Å². The van der Waals surface area contributed by atoms with E-state index in [0.717, 1.165) is 45.1 Å². The zero-order valence-corrected chi connectivity index (χ0v) is 20.6. The van der Waals surface area contributed by atoms with Crippen molar-refractivity contribution in [2.75, 3.05) is 40.3 Å². The van der Waals surface area contributed by atoms with E-state index in [1.807, 2.05) is 14.1 Å². The highest BCUT2D eigenvalue weighted by atomic mass is 16.6. The number of nitrogens with zero attached hydrogens (tertiary/aromatic N) is 4. The molecule has 0 unspecified atom stereocenters. The van der Waals surface area contributed by atoms with Crippen molar-refractivity contribution in [1.29, 1.82) is 0 Å². The molecule has 0 spiro atoms. The first-order valence-corrected chi connectivity index (χ1v) is 11.8. The second kappa shape index (κ2) is 11.3. The molecule has 37 heavy (non-hydrogen) atoms. The molecule has 1 fully saturated rings. The van der Waals surface area contributed by atoms with Crippen LogP contribution in [-0.2, 0) is 0 Å². The van der Waals surface area contributed by atoms with E-state index in [4.69, 9.17) is 9.26 Å². The second-order valence-corrected chi connectivity index (χ2v) is 9.16. The molecule has 4 rings (SSSR count). The summed E-state index contributed by atoms with van der Waals surface area (Å²) in [5.74, 6) is -0.723. The van der Waals surface area contributed by atoms with Crippen molar-refractivity contribution in [3.8, 4) is 34.3 Å². The number of aromatic nitrogens is 1. The fourth-order valence-electron chi connectivity index (χ4n) is 4.08. The summed E-state index contributed by atoms with van der Waals surface area (Å²) < 4.78 is 11.1. The summed E-state index contributed by atoms with van der Waals surface area (Å²) >= 11 is 0. The molecule has 0 aliphatic carbocycles.